The van der Waals surface area contributed by atoms with Gasteiger partial charge in [-0.3, -0.25) is 4.79 Å². The number of esters is 1. The first-order valence-corrected chi connectivity index (χ1v) is 18.6. The van der Waals surface area contributed by atoms with Crippen molar-refractivity contribution in [3.8, 4) is 0 Å². The van der Waals surface area contributed by atoms with Gasteiger partial charge in [0.25, 0.3) is 0 Å². The molecule has 7 rings (SSSR count). The van der Waals surface area contributed by atoms with Crippen LogP contribution in [0.3, 0.4) is 0 Å². The lowest BCUT2D eigenvalue weighted by Crippen LogP contribution is -2.59. The van der Waals surface area contributed by atoms with Crippen molar-refractivity contribution in [3.63, 3.8) is 0 Å². The number of benzene rings is 2. The van der Waals surface area contributed by atoms with Crippen LogP contribution in [-0.2, 0) is 51.2 Å². The van der Waals surface area contributed by atoms with Crippen LogP contribution in [0.5, 0.6) is 0 Å². The molecule has 12 atom stereocenters. The van der Waals surface area contributed by atoms with Gasteiger partial charge in [-0.1, -0.05) is 86.7 Å². The van der Waals surface area contributed by atoms with E-state index in [4.69, 9.17) is 33.2 Å². The van der Waals surface area contributed by atoms with Crippen molar-refractivity contribution >= 4 is 5.97 Å². The number of ether oxygens (including phenoxy) is 7. The van der Waals surface area contributed by atoms with Crippen LogP contribution in [-0.4, -0.2) is 73.1 Å². The van der Waals surface area contributed by atoms with Crippen molar-refractivity contribution < 1.29 is 38.0 Å². The lowest BCUT2D eigenvalue weighted by molar-refractivity contribution is -0.268. The summed E-state index contributed by atoms with van der Waals surface area (Å²) in [6.45, 7) is 8.39. The van der Waals surface area contributed by atoms with E-state index in [-0.39, 0.29) is 66.8 Å². The highest BCUT2D eigenvalue weighted by Crippen LogP contribution is 2.46. The lowest BCUT2D eigenvalue weighted by Gasteiger charge is -2.50. The first-order chi connectivity index (χ1) is 23.8. The van der Waals surface area contributed by atoms with Crippen LogP contribution in [0.2, 0.25) is 0 Å². The Balaban J connectivity index is 1.08. The molecule has 0 saturated carbocycles. The van der Waals surface area contributed by atoms with Crippen LogP contribution < -0.4 is 0 Å². The van der Waals surface area contributed by atoms with Gasteiger partial charge in [0, 0.05) is 13.0 Å². The standard InChI is InChI=1S/C41H54O8/c1-27-20-34-36(23-39(42)47-34)46-38-22-35-37(49-41(38,3)24-27)21-28(2)40-33(45-35)17-11-10-16-31(44-26-30-14-8-5-9-15-30)32(48-40)18-19-43-25-29-12-6-4-7-13-29/h4-15,27-28,31-38,40H,16-26H2,1-3H3/b11-10-/t27-,28+,31-,32+,33+,34+,35-,36-,37+,38+,40-,41-/m1/s1. The van der Waals surface area contributed by atoms with E-state index in [1.54, 1.807) is 0 Å². The van der Waals surface area contributed by atoms with Crippen molar-refractivity contribution in [2.24, 2.45) is 11.8 Å². The molecule has 0 N–H and O–H groups in total. The Bertz CT molecular complexity index is 1380. The Labute approximate surface area is 291 Å². The zero-order valence-electron chi connectivity index (χ0n) is 29.3. The molecular formula is C41H54O8. The monoisotopic (exact) mass is 674 g/mol. The van der Waals surface area contributed by atoms with E-state index in [0.29, 0.717) is 38.6 Å². The largest absolute Gasteiger partial charge is 0.459 e. The average Bonchev–Trinajstić information content (AvgIpc) is 3.40. The SMILES string of the molecule is C[C@@H]1C[C@@H]2OC(=O)C[C@H]2O[C@H]2C[C@H]3O[C@H]4C/C=C\C[C@@H](OCc5ccccc5)[C@H](CCOCc5ccccc5)O[C@@H]4[C@@H](C)C[C@@H]3O[C@]2(C)C1. The highest BCUT2D eigenvalue weighted by atomic mass is 16.6. The van der Waals surface area contributed by atoms with Crippen molar-refractivity contribution in [2.75, 3.05) is 6.61 Å². The molecule has 0 radical (unpaired) electrons. The third-order valence-electron chi connectivity index (χ3n) is 11.3. The summed E-state index contributed by atoms with van der Waals surface area (Å²) >= 11 is 0. The fraction of sp³-hybridized carbons (Fsp3) is 0.634. The Hall–Kier alpha value is -2.59. The third kappa shape index (κ3) is 8.49. The Kier molecular flexibility index (Phi) is 11.2. The maximum atomic E-state index is 12.3. The zero-order valence-corrected chi connectivity index (χ0v) is 29.3. The molecule has 0 bridgehead atoms. The van der Waals surface area contributed by atoms with E-state index in [9.17, 15) is 4.79 Å². The molecule has 49 heavy (non-hydrogen) atoms. The molecule has 0 unspecified atom stereocenters. The molecule has 5 heterocycles. The first kappa shape index (κ1) is 34.8. The molecule has 8 heteroatoms. The van der Waals surface area contributed by atoms with Gasteiger partial charge in [0.15, 0.2) is 0 Å². The smallest absolute Gasteiger partial charge is 0.308 e. The molecule has 5 aliphatic heterocycles. The molecule has 0 aromatic heterocycles. The lowest BCUT2D eigenvalue weighted by atomic mass is 9.78. The van der Waals surface area contributed by atoms with Crippen LogP contribution >= 0.6 is 0 Å². The van der Waals surface area contributed by atoms with E-state index in [1.807, 2.05) is 24.3 Å². The van der Waals surface area contributed by atoms with Gasteiger partial charge in [-0.05, 0) is 68.4 Å². The number of carbonyl (C=O) groups is 1. The molecule has 8 nitrogen and oxygen atoms in total. The van der Waals surface area contributed by atoms with E-state index >= 15 is 0 Å². The molecule has 0 amide bonds. The molecule has 4 saturated heterocycles. The highest BCUT2D eigenvalue weighted by molar-refractivity contribution is 5.72. The van der Waals surface area contributed by atoms with E-state index in [0.717, 1.165) is 49.7 Å². The minimum Gasteiger partial charge on any atom is -0.459 e. The van der Waals surface area contributed by atoms with Crippen molar-refractivity contribution in [2.45, 2.75) is 146 Å². The van der Waals surface area contributed by atoms with E-state index < -0.39 is 5.60 Å². The second-order valence-corrected chi connectivity index (χ2v) is 15.3. The molecule has 2 aromatic rings. The van der Waals surface area contributed by atoms with Gasteiger partial charge in [0.05, 0.1) is 68.0 Å². The summed E-state index contributed by atoms with van der Waals surface area (Å²) < 4.78 is 46.5. The van der Waals surface area contributed by atoms with Crippen LogP contribution in [0.15, 0.2) is 72.8 Å². The molecule has 0 spiro atoms. The summed E-state index contributed by atoms with van der Waals surface area (Å²) in [5.41, 5.74) is 1.85. The molecule has 5 aliphatic rings. The van der Waals surface area contributed by atoms with Gasteiger partial charge >= 0.3 is 5.97 Å². The predicted molar refractivity (Wildman–Crippen MR) is 185 cm³/mol. The summed E-state index contributed by atoms with van der Waals surface area (Å²) in [5, 5.41) is 0. The Morgan fingerprint density at radius 2 is 1.51 bits per heavy atom. The minimum absolute atomic E-state index is 0.0652. The number of rotatable bonds is 8. The van der Waals surface area contributed by atoms with Gasteiger partial charge in [-0.2, -0.15) is 0 Å². The highest BCUT2D eigenvalue weighted by Gasteiger charge is 2.54. The van der Waals surface area contributed by atoms with Gasteiger partial charge in [-0.25, -0.2) is 0 Å². The fourth-order valence-corrected chi connectivity index (χ4v) is 8.79. The van der Waals surface area contributed by atoms with Crippen molar-refractivity contribution in [1.29, 1.82) is 0 Å². The second-order valence-electron chi connectivity index (χ2n) is 15.3. The van der Waals surface area contributed by atoms with Crippen LogP contribution in [0.25, 0.3) is 0 Å². The maximum Gasteiger partial charge on any atom is 0.308 e. The maximum absolute atomic E-state index is 12.3. The predicted octanol–water partition coefficient (Wildman–Crippen LogP) is 7.12. The van der Waals surface area contributed by atoms with E-state index in [2.05, 4.69) is 69.3 Å². The normalized spacial score (nSPS) is 40.0. The fourth-order valence-electron chi connectivity index (χ4n) is 8.79. The Morgan fingerprint density at radius 3 is 2.29 bits per heavy atom. The topological polar surface area (TPSA) is 81.7 Å². The minimum atomic E-state index is -0.462. The quantitative estimate of drug-likeness (QED) is 0.166. The average molecular weight is 675 g/mol. The number of carbonyl (C=O) groups excluding carboxylic acids is 1. The summed E-state index contributed by atoms with van der Waals surface area (Å²) in [6.07, 6.45) is 8.90. The van der Waals surface area contributed by atoms with Gasteiger partial charge in [0.2, 0.25) is 0 Å². The van der Waals surface area contributed by atoms with Crippen molar-refractivity contribution in [3.05, 3.63) is 83.9 Å². The van der Waals surface area contributed by atoms with Crippen LogP contribution in [0.4, 0.5) is 0 Å². The van der Waals surface area contributed by atoms with Gasteiger partial charge < -0.3 is 33.2 Å². The van der Waals surface area contributed by atoms with Crippen LogP contribution in [0, 0.1) is 11.8 Å². The number of fused-ring (bicyclic) bond motifs is 4. The summed E-state index contributed by atoms with van der Waals surface area (Å²) in [7, 11) is 0. The van der Waals surface area contributed by atoms with Gasteiger partial charge in [-0.15, -0.1) is 0 Å². The van der Waals surface area contributed by atoms with E-state index in [1.165, 1.54) is 0 Å². The summed E-state index contributed by atoms with van der Waals surface area (Å²) in [6, 6.07) is 20.6. The second kappa shape index (κ2) is 15.7. The van der Waals surface area contributed by atoms with Crippen molar-refractivity contribution in [1.82, 2.24) is 0 Å². The third-order valence-corrected chi connectivity index (χ3v) is 11.3. The Morgan fingerprint density at radius 1 is 0.776 bits per heavy atom. The molecule has 0 aliphatic carbocycles. The molecule has 2 aromatic carbocycles. The summed E-state index contributed by atoms with van der Waals surface area (Å²) in [4.78, 5) is 12.3. The number of hydrogen-bond acceptors (Lipinski definition) is 8. The molecular weight excluding hydrogens is 620 g/mol. The molecule has 266 valence electrons. The number of hydrogen-bond donors (Lipinski definition) is 0. The molecule has 4 fully saturated rings. The zero-order chi connectivity index (χ0) is 33.8. The first-order valence-electron chi connectivity index (χ1n) is 18.6. The van der Waals surface area contributed by atoms with Gasteiger partial charge in [0.1, 0.15) is 12.2 Å². The summed E-state index contributed by atoms with van der Waals surface area (Å²) in [5.74, 6) is 0.384. The van der Waals surface area contributed by atoms with Crippen LogP contribution in [0.1, 0.15) is 83.3 Å².